The zero-order chi connectivity index (χ0) is 34.6. The molecule has 4 heterocycles. The number of amides is 6. The molecule has 2 unspecified atom stereocenters. The van der Waals surface area contributed by atoms with Crippen molar-refractivity contribution in [1.29, 1.82) is 0 Å². The van der Waals surface area contributed by atoms with Crippen LogP contribution in [0.5, 0.6) is 5.75 Å². The molecule has 16 heteroatoms. The van der Waals surface area contributed by atoms with Crippen LogP contribution in [0.25, 0.3) is 0 Å². The molecule has 0 saturated carbocycles. The van der Waals surface area contributed by atoms with Crippen LogP contribution in [0.1, 0.15) is 66.6 Å². The van der Waals surface area contributed by atoms with Gasteiger partial charge in [0.25, 0.3) is 23.6 Å². The Morgan fingerprint density at radius 3 is 2.61 bits per heavy atom. The molecule has 248 valence electrons. The van der Waals surface area contributed by atoms with Crippen LogP contribution in [-0.4, -0.2) is 61.4 Å². The number of phenols is 1. The summed E-state index contributed by atoms with van der Waals surface area (Å²) in [7, 11) is 0. The molecule has 0 aliphatic carbocycles. The largest absolute Gasteiger partial charge is 0.508 e. The lowest BCUT2D eigenvalue weighted by molar-refractivity contribution is -0.136. The van der Waals surface area contributed by atoms with Gasteiger partial charge in [-0.05, 0) is 53.9 Å². The number of aromatic nitrogens is 1. The first kappa shape index (κ1) is 31.6. The Morgan fingerprint density at radius 2 is 1.86 bits per heavy atom. The number of aromatic hydroxyl groups is 1. The third-order valence-corrected chi connectivity index (χ3v) is 9.20. The van der Waals surface area contributed by atoms with Gasteiger partial charge in [0.05, 0.1) is 16.7 Å². The van der Waals surface area contributed by atoms with Crippen LogP contribution < -0.4 is 16.0 Å². The highest BCUT2D eigenvalue weighted by Gasteiger charge is 2.46. The molecule has 6 amide bonds. The van der Waals surface area contributed by atoms with E-state index in [-0.39, 0.29) is 53.3 Å². The molecule has 1 aromatic heterocycles. The van der Waals surface area contributed by atoms with E-state index in [2.05, 4.69) is 20.9 Å². The number of phenolic OH excluding ortho intramolecular Hbond substituents is 1. The number of nitrogens with zero attached hydrogens (tertiary/aromatic N) is 3. The van der Waals surface area contributed by atoms with Crippen LogP contribution >= 0.6 is 11.3 Å². The molecular weight excluding hydrogens is 662 g/mol. The van der Waals surface area contributed by atoms with E-state index in [1.54, 1.807) is 23.6 Å². The number of hydrogen-bond acceptors (Lipinski definition) is 10. The van der Waals surface area contributed by atoms with Gasteiger partial charge in [0.15, 0.2) is 5.13 Å². The van der Waals surface area contributed by atoms with Gasteiger partial charge < -0.3 is 15.3 Å². The second kappa shape index (κ2) is 12.2. The van der Waals surface area contributed by atoms with Crippen molar-refractivity contribution >= 4 is 57.6 Å². The fourth-order valence-corrected chi connectivity index (χ4v) is 6.83. The number of rotatable bonds is 8. The van der Waals surface area contributed by atoms with Crippen molar-refractivity contribution in [3.05, 3.63) is 105 Å². The Hall–Kier alpha value is -6.03. The number of anilines is 2. The van der Waals surface area contributed by atoms with Crippen molar-refractivity contribution in [1.82, 2.24) is 20.1 Å². The highest BCUT2D eigenvalue weighted by Crippen LogP contribution is 2.39. The van der Waals surface area contributed by atoms with Crippen LogP contribution in [0, 0.1) is 11.6 Å². The Labute approximate surface area is 279 Å². The molecule has 1 fully saturated rings. The van der Waals surface area contributed by atoms with Gasteiger partial charge in [-0.15, -0.1) is 11.3 Å². The van der Waals surface area contributed by atoms with Crippen LogP contribution in [0.15, 0.2) is 60.1 Å². The predicted molar refractivity (Wildman–Crippen MR) is 168 cm³/mol. The number of carbonyl (C=O) groups excluding carboxylic acids is 6. The average Bonchev–Trinajstić information content (AvgIpc) is 3.76. The smallest absolute Gasteiger partial charge is 0.265 e. The maximum Gasteiger partial charge on any atom is 0.265 e. The van der Waals surface area contributed by atoms with Crippen molar-refractivity contribution in [3.63, 3.8) is 0 Å². The van der Waals surface area contributed by atoms with Gasteiger partial charge in [0.2, 0.25) is 11.8 Å². The van der Waals surface area contributed by atoms with Gasteiger partial charge in [-0.25, -0.2) is 13.8 Å². The third kappa shape index (κ3) is 5.54. The quantitative estimate of drug-likeness (QED) is 0.202. The first-order valence-electron chi connectivity index (χ1n) is 14.9. The summed E-state index contributed by atoms with van der Waals surface area (Å²) in [6, 6.07) is 7.69. The average molecular weight is 687 g/mol. The fourth-order valence-electron chi connectivity index (χ4n) is 6.30. The molecule has 0 radical (unpaired) electrons. The van der Waals surface area contributed by atoms with Crippen LogP contribution in [-0.2, 0) is 27.5 Å². The second-order valence-corrected chi connectivity index (χ2v) is 12.4. The number of nitrogens with one attached hydrogen (secondary N) is 3. The van der Waals surface area contributed by atoms with E-state index in [0.717, 1.165) is 35.6 Å². The lowest BCUT2D eigenvalue weighted by Gasteiger charge is -2.27. The van der Waals surface area contributed by atoms with Crippen molar-refractivity contribution in [2.24, 2.45) is 0 Å². The van der Waals surface area contributed by atoms with Crippen molar-refractivity contribution < 1.29 is 42.7 Å². The highest BCUT2D eigenvalue weighted by atomic mass is 32.1. The molecular formula is C33H24F2N6O7S. The molecule has 7 rings (SSSR count). The maximum absolute atomic E-state index is 15.3. The van der Waals surface area contributed by atoms with Gasteiger partial charge in [0.1, 0.15) is 29.5 Å². The number of carbonyl (C=O) groups is 6. The van der Waals surface area contributed by atoms with Gasteiger partial charge in [-0.1, -0.05) is 12.1 Å². The number of fused-ring (bicyclic) bond motifs is 2. The van der Waals surface area contributed by atoms with E-state index in [1.165, 1.54) is 17.2 Å². The Bertz CT molecular complexity index is 2110. The van der Waals surface area contributed by atoms with E-state index in [4.69, 9.17) is 0 Å². The Balaban J connectivity index is 1.14. The molecule has 2 atom stereocenters. The van der Waals surface area contributed by atoms with E-state index in [0.29, 0.717) is 16.2 Å². The SMILES string of the molecule is O=C1CCC(N2C(=O)c3cc(CNc4cccc5c4C(=O)N(C(C(=O)Nc4nccs4)c4cc(F)ccc4O)C5)cc(F)c3C2=O)C(=O)N1. The summed E-state index contributed by atoms with van der Waals surface area (Å²) in [5.74, 6) is -6.65. The van der Waals surface area contributed by atoms with Crippen molar-refractivity contribution in [3.8, 4) is 5.75 Å². The molecule has 13 nitrogen and oxygen atoms in total. The molecule has 0 bridgehead atoms. The summed E-state index contributed by atoms with van der Waals surface area (Å²) in [4.78, 5) is 83.7. The summed E-state index contributed by atoms with van der Waals surface area (Å²) >= 11 is 1.13. The number of imide groups is 2. The summed E-state index contributed by atoms with van der Waals surface area (Å²) in [6.07, 6.45) is 1.31. The number of benzene rings is 3. The third-order valence-electron chi connectivity index (χ3n) is 8.51. The summed E-state index contributed by atoms with van der Waals surface area (Å²) < 4.78 is 29.7. The minimum atomic E-state index is -1.45. The number of hydrogen-bond donors (Lipinski definition) is 4. The van der Waals surface area contributed by atoms with Crippen LogP contribution in [0.3, 0.4) is 0 Å². The minimum Gasteiger partial charge on any atom is -0.508 e. The van der Waals surface area contributed by atoms with Crippen molar-refractivity contribution in [2.45, 2.75) is 38.0 Å². The van der Waals surface area contributed by atoms with Gasteiger partial charge in [0, 0.05) is 42.3 Å². The zero-order valence-electron chi connectivity index (χ0n) is 25.2. The zero-order valence-corrected chi connectivity index (χ0v) is 26.0. The molecule has 3 aromatic carbocycles. The Morgan fingerprint density at radius 1 is 1.04 bits per heavy atom. The molecule has 3 aliphatic rings. The monoisotopic (exact) mass is 686 g/mol. The summed E-state index contributed by atoms with van der Waals surface area (Å²) in [5.41, 5.74) is 0.391. The number of thiazole rings is 1. The maximum atomic E-state index is 15.3. The van der Waals surface area contributed by atoms with E-state index < -0.39 is 70.5 Å². The van der Waals surface area contributed by atoms with Crippen LogP contribution in [0.4, 0.5) is 19.6 Å². The summed E-state index contributed by atoms with van der Waals surface area (Å²) in [6.45, 7) is -0.178. The van der Waals surface area contributed by atoms with E-state index in [1.807, 2.05) is 0 Å². The normalized spacial score (nSPS) is 17.6. The summed E-state index contributed by atoms with van der Waals surface area (Å²) in [5, 5.41) is 20.3. The lowest BCUT2D eigenvalue weighted by atomic mass is 10.0. The van der Waals surface area contributed by atoms with E-state index in [9.17, 15) is 38.3 Å². The van der Waals surface area contributed by atoms with Gasteiger partial charge in [-0.2, -0.15) is 0 Å². The second-order valence-electron chi connectivity index (χ2n) is 11.5. The Kier molecular flexibility index (Phi) is 7.86. The minimum absolute atomic E-state index is 0.0736. The lowest BCUT2D eigenvalue weighted by Crippen LogP contribution is -2.54. The van der Waals surface area contributed by atoms with Crippen molar-refractivity contribution in [2.75, 3.05) is 10.6 Å². The first-order chi connectivity index (χ1) is 23.5. The topological polar surface area (TPSA) is 178 Å². The molecule has 3 aliphatic heterocycles. The standard InChI is InChI=1S/C33H24F2N6O7S/c34-17-4-6-23(42)18(12-17)27(29(45)39-33-36-8-9-49-33)40-14-16-2-1-3-21(25(16)31(40)47)37-13-15-10-19-26(20(35)11-15)32(48)41(30(19)46)22-5-7-24(43)38-28(22)44/h1-4,6,8-12,22,27,37,42H,5,7,13-14H2,(H,36,39,45)(H,38,43,44). The highest BCUT2D eigenvalue weighted by molar-refractivity contribution is 7.13. The fraction of sp³-hybridized carbons (Fsp3) is 0.182. The number of halogens is 2. The van der Waals surface area contributed by atoms with Crippen LogP contribution in [0.2, 0.25) is 0 Å². The molecule has 49 heavy (non-hydrogen) atoms. The molecule has 4 N–H and O–H groups in total. The first-order valence-corrected chi connectivity index (χ1v) is 15.8. The van der Waals surface area contributed by atoms with Gasteiger partial charge >= 0.3 is 0 Å². The molecule has 4 aromatic rings. The molecule has 0 spiro atoms. The molecule has 1 saturated heterocycles. The number of piperidine rings is 1. The predicted octanol–water partition coefficient (Wildman–Crippen LogP) is 3.48. The van der Waals surface area contributed by atoms with E-state index >= 15 is 4.39 Å². The van der Waals surface area contributed by atoms with Gasteiger partial charge in [-0.3, -0.25) is 44.3 Å².